The third kappa shape index (κ3) is 2.65. The highest BCUT2D eigenvalue weighted by Crippen LogP contribution is 2.38. The van der Waals surface area contributed by atoms with Crippen LogP contribution in [0, 0.1) is 0 Å². The Morgan fingerprint density at radius 1 is 1.28 bits per heavy atom. The molecule has 5 heteroatoms. The molecule has 4 rings (SSSR count). The zero-order valence-electron chi connectivity index (χ0n) is 14.5. The van der Waals surface area contributed by atoms with Crippen LogP contribution < -0.4 is 5.32 Å². The summed E-state index contributed by atoms with van der Waals surface area (Å²) in [5, 5.41) is 3.06. The van der Waals surface area contributed by atoms with Gasteiger partial charge in [0.15, 0.2) is 0 Å². The van der Waals surface area contributed by atoms with Crippen molar-refractivity contribution in [3.05, 3.63) is 59.2 Å². The zero-order valence-corrected chi connectivity index (χ0v) is 14.5. The molecule has 5 nitrogen and oxygen atoms in total. The molecule has 1 saturated heterocycles. The van der Waals surface area contributed by atoms with Gasteiger partial charge in [0.25, 0.3) is 0 Å². The average Bonchev–Trinajstić information content (AvgIpc) is 3.07. The molecule has 128 valence electrons. The highest BCUT2D eigenvalue weighted by atomic mass is 16.5. The summed E-state index contributed by atoms with van der Waals surface area (Å²) in [4.78, 5) is 19.4. The van der Waals surface area contributed by atoms with E-state index in [4.69, 9.17) is 9.73 Å². The number of nitrogens with one attached hydrogen (secondary N) is 1. The van der Waals surface area contributed by atoms with Crippen molar-refractivity contribution in [2.75, 3.05) is 26.0 Å². The van der Waals surface area contributed by atoms with Gasteiger partial charge in [0.2, 0.25) is 0 Å². The molecule has 0 aliphatic carbocycles. The van der Waals surface area contributed by atoms with Crippen LogP contribution in [0.5, 0.6) is 0 Å². The van der Waals surface area contributed by atoms with E-state index in [1.807, 2.05) is 18.2 Å². The van der Waals surface area contributed by atoms with Gasteiger partial charge in [-0.15, -0.1) is 0 Å². The summed E-state index contributed by atoms with van der Waals surface area (Å²) in [5.41, 5.74) is 4.78. The van der Waals surface area contributed by atoms with Gasteiger partial charge in [0.05, 0.1) is 18.4 Å². The van der Waals surface area contributed by atoms with Gasteiger partial charge in [-0.1, -0.05) is 24.3 Å². The Balaban J connectivity index is 1.73. The molecule has 0 unspecified atom stereocenters. The van der Waals surface area contributed by atoms with Gasteiger partial charge in [-0.05, 0) is 35.7 Å². The molecule has 2 aliphatic heterocycles. The van der Waals surface area contributed by atoms with Crippen LogP contribution in [0.15, 0.2) is 47.5 Å². The van der Waals surface area contributed by atoms with E-state index in [0.29, 0.717) is 5.56 Å². The average molecular weight is 335 g/mol. The maximum absolute atomic E-state index is 12.1. The normalized spacial score (nSPS) is 18.2. The Kier molecular flexibility index (Phi) is 3.92. The lowest BCUT2D eigenvalue weighted by Gasteiger charge is -2.26. The number of hydrogen-bond donors (Lipinski definition) is 1. The number of aliphatic imine (C=N–C) groups is 1. The van der Waals surface area contributed by atoms with Gasteiger partial charge in [-0.25, -0.2) is 9.79 Å². The minimum Gasteiger partial charge on any atom is -0.465 e. The first kappa shape index (κ1) is 15.7. The van der Waals surface area contributed by atoms with Crippen LogP contribution in [0.4, 0.5) is 11.4 Å². The molecule has 0 radical (unpaired) electrons. The second kappa shape index (κ2) is 6.24. The van der Waals surface area contributed by atoms with Crippen molar-refractivity contribution in [1.82, 2.24) is 4.90 Å². The minimum absolute atomic E-state index is 0.211. The molecule has 0 spiro atoms. The van der Waals surface area contributed by atoms with E-state index in [-0.39, 0.29) is 11.9 Å². The number of carbonyl (C=O) groups is 1. The van der Waals surface area contributed by atoms with Crippen molar-refractivity contribution >= 4 is 23.2 Å². The standard InChI is InChI=1S/C20H21N3O2/c1-21-18-8-7-13(11-16(18)20(24)25-2)15-9-10-23-12-14-5-3-4-6-17(14)22-19(15)23/h3-8,11,15,21H,9-10,12H2,1-2H3/t15-/m0/s1. The van der Waals surface area contributed by atoms with E-state index < -0.39 is 0 Å². The summed E-state index contributed by atoms with van der Waals surface area (Å²) in [6.45, 7) is 1.89. The number of hydrogen-bond acceptors (Lipinski definition) is 5. The van der Waals surface area contributed by atoms with Crippen LogP contribution in [0.1, 0.15) is 33.8 Å². The summed E-state index contributed by atoms with van der Waals surface area (Å²) in [5.74, 6) is 0.992. The number of rotatable bonds is 3. The van der Waals surface area contributed by atoms with Gasteiger partial charge in [-0.3, -0.25) is 0 Å². The number of benzene rings is 2. The van der Waals surface area contributed by atoms with E-state index in [9.17, 15) is 4.79 Å². The first-order valence-electron chi connectivity index (χ1n) is 8.52. The van der Waals surface area contributed by atoms with Crippen molar-refractivity contribution in [2.24, 2.45) is 4.99 Å². The van der Waals surface area contributed by atoms with E-state index in [2.05, 4.69) is 34.5 Å². The summed E-state index contributed by atoms with van der Waals surface area (Å²) in [6.07, 6.45) is 1.01. The second-order valence-corrected chi connectivity index (χ2v) is 6.41. The lowest BCUT2D eigenvalue weighted by atomic mass is 9.94. The first-order valence-corrected chi connectivity index (χ1v) is 8.52. The first-order chi connectivity index (χ1) is 12.2. The number of nitrogens with zero attached hydrogens (tertiary/aromatic N) is 2. The smallest absolute Gasteiger partial charge is 0.339 e. The van der Waals surface area contributed by atoms with E-state index in [0.717, 1.165) is 42.3 Å². The number of methoxy groups -OCH3 is 1. The van der Waals surface area contributed by atoms with Crippen molar-refractivity contribution in [3.8, 4) is 0 Å². The Morgan fingerprint density at radius 2 is 2.12 bits per heavy atom. The van der Waals surface area contributed by atoms with Crippen LogP contribution in [-0.4, -0.2) is 37.4 Å². The Labute approximate surface area is 147 Å². The van der Waals surface area contributed by atoms with Crippen LogP contribution in [0.25, 0.3) is 0 Å². The number of ether oxygens (including phenoxy) is 1. The largest absolute Gasteiger partial charge is 0.465 e. The fourth-order valence-corrected chi connectivity index (χ4v) is 3.73. The SMILES string of the molecule is CNc1ccc([C@@H]2CCN3Cc4ccccc4N=C23)cc1C(=O)OC. The van der Waals surface area contributed by atoms with E-state index in [1.54, 1.807) is 7.05 Å². The highest BCUT2D eigenvalue weighted by Gasteiger charge is 2.34. The molecule has 2 aromatic rings. The van der Waals surface area contributed by atoms with Gasteiger partial charge < -0.3 is 15.0 Å². The van der Waals surface area contributed by atoms with Gasteiger partial charge in [-0.2, -0.15) is 0 Å². The van der Waals surface area contributed by atoms with Crippen molar-refractivity contribution in [3.63, 3.8) is 0 Å². The lowest BCUT2D eigenvalue weighted by Crippen LogP contribution is -2.29. The molecule has 1 fully saturated rings. The summed E-state index contributed by atoms with van der Waals surface area (Å²) in [7, 11) is 3.22. The third-order valence-corrected chi connectivity index (χ3v) is 5.03. The number of esters is 1. The maximum atomic E-state index is 12.1. The maximum Gasteiger partial charge on any atom is 0.339 e. The summed E-state index contributed by atoms with van der Waals surface area (Å²) < 4.78 is 4.93. The molecular formula is C20H21N3O2. The number of fused-ring (bicyclic) bond motifs is 2. The topological polar surface area (TPSA) is 53.9 Å². The monoisotopic (exact) mass is 335 g/mol. The van der Waals surface area contributed by atoms with Gasteiger partial charge >= 0.3 is 5.97 Å². The van der Waals surface area contributed by atoms with Crippen molar-refractivity contribution in [1.29, 1.82) is 0 Å². The molecule has 2 aliphatic rings. The number of carbonyl (C=O) groups excluding carboxylic acids is 1. The molecule has 0 bridgehead atoms. The molecule has 1 N–H and O–H groups in total. The Bertz CT molecular complexity index is 860. The summed E-state index contributed by atoms with van der Waals surface area (Å²) in [6, 6.07) is 14.3. The number of amidine groups is 1. The number of para-hydroxylation sites is 1. The molecule has 1 atom stereocenters. The molecule has 0 saturated carbocycles. The van der Waals surface area contributed by atoms with E-state index in [1.165, 1.54) is 12.7 Å². The van der Waals surface area contributed by atoms with Crippen molar-refractivity contribution < 1.29 is 9.53 Å². The lowest BCUT2D eigenvalue weighted by molar-refractivity contribution is 0.0601. The van der Waals surface area contributed by atoms with Gasteiger partial charge in [0, 0.05) is 31.7 Å². The van der Waals surface area contributed by atoms with Crippen molar-refractivity contribution in [2.45, 2.75) is 18.9 Å². The van der Waals surface area contributed by atoms with Crippen LogP contribution in [0.2, 0.25) is 0 Å². The highest BCUT2D eigenvalue weighted by molar-refractivity contribution is 5.98. The predicted octanol–water partition coefficient (Wildman–Crippen LogP) is 3.55. The zero-order chi connectivity index (χ0) is 17.4. The van der Waals surface area contributed by atoms with E-state index >= 15 is 0 Å². The molecule has 2 heterocycles. The second-order valence-electron chi connectivity index (χ2n) is 6.41. The molecule has 0 amide bonds. The molecule has 25 heavy (non-hydrogen) atoms. The Morgan fingerprint density at radius 3 is 2.92 bits per heavy atom. The van der Waals surface area contributed by atoms with Crippen LogP contribution in [-0.2, 0) is 11.3 Å². The molecule has 2 aromatic carbocycles. The van der Waals surface area contributed by atoms with Crippen LogP contribution >= 0.6 is 0 Å². The van der Waals surface area contributed by atoms with Crippen LogP contribution in [0.3, 0.4) is 0 Å². The minimum atomic E-state index is -0.322. The predicted molar refractivity (Wildman–Crippen MR) is 98.6 cm³/mol. The Hall–Kier alpha value is -2.82. The number of anilines is 1. The fourth-order valence-electron chi connectivity index (χ4n) is 3.73. The quantitative estimate of drug-likeness (QED) is 0.872. The summed E-state index contributed by atoms with van der Waals surface area (Å²) >= 11 is 0. The fraction of sp³-hybridized carbons (Fsp3) is 0.300. The van der Waals surface area contributed by atoms with Gasteiger partial charge in [0.1, 0.15) is 5.84 Å². The third-order valence-electron chi connectivity index (χ3n) is 5.03. The molecule has 0 aromatic heterocycles. The molecular weight excluding hydrogens is 314 g/mol.